The molecule has 2 aromatic carbocycles. The van der Waals surface area contributed by atoms with Gasteiger partial charge in [0.1, 0.15) is 0 Å². The number of carbonyl (C=O) groups is 3. The highest BCUT2D eigenvalue weighted by Gasteiger charge is 2.33. The van der Waals surface area contributed by atoms with E-state index in [9.17, 15) is 19.5 Å². The Morgan fingerprint density at radius 2 is 1.33 bits per heavy atom. The van der Waals surface area contributed by atoms with Crippen LogP contribution in [-0.4, -0.2) is 47.9 Å². The second kappa shape index (κ2) is 7.32. The zero-order valence-corrected chi connectivity index (χ0v) is 16.1. The standard InChI is InChI=1S/C22H16N2O6/c1-29-21(27)13-7-3-11(4-8-13)17-15-16(20(26)23-17)18(24-19(15)25)12-5-9-14(10-6-12)22(28)30-2/h3-10,23,26H,1-2H3. The van der Waals surface area contributed by atoms with Gasteiger partial charge in [-0.1, -0.05) is 24.3 Å². The van der Waals surface area contributed by atoms with Crippen molar-refractivity contribution in [3.05, 3.63) is 76.3 Å². The number of nitrogens with one attached hydrogen (secondary N) is 1. The summed E-state index contributed by atoms with van der Waals surface area (Å²) in [6.45, 7) is 0. The minimum absolute atomic E-state index is 0.196. The molecular weight excluding hydrogens is 388 g/mol. The zero-order valence-electron chi connectivity index (χ0n) is 16.1. The Balaban J connectivity index is 1.73. The van der Waals surface area contributed by atoms with Crippen molar-refractivity contribution in [2.45, 2.75) is 0 Å². The fourth-order valence-corrected chi connectivity index (χ4v) is 3.34. The predicted octanol–water partition coefficient (Wildman–Crippen LogP) is 2.95. The van der Waals surface area contributed by atoms with Crippen LogP contribution in [0.25, 0.3) is 11.3 Å². The molecule has 2 N–H and O–H groups in total. The summed E-state index contributed by atoms with van der Waals surface area (Å²) >= 11 is 0. The first kappa shape index (κ1) is 19.1. The Bertz CT molecular complexity index is 1200. The summed E-state index contributed by atoms with van der Waals surface area (Å²) in [5.74, 6) is -1.65. The molecule has 4 rings (SSSR count). The topological polar surface area (TPSA) is 118 Å². The molecular formula is C22H16N2O6. The molecule has 8 nitrogen and oxygen atoms in total. The molecule has 0 atom stereocenters. The molecule has 1 amide bonds. The Labute approximate surface area is 170 Å². The molecule has 0 aliphatic carbocycles. The van der Waals surface area contributed by atoms with Gasteiger partial charge in [-0.25, -0.2) is 14.6 Å². The van der Waals surface area contributed by atoms with Gasteiger partial charge in [0.05, 0.1) is 47.9 Å². The highest BCUT2D eigenvalue weighted by atomic mass is 16.5. The molecule has 150 valence electrons. The molecule has 0 saturated carbocycles. The minimum atomic E-state index is -0.499. The Morgan fingerprint density at radius 3 is 1.83 bits per heavy atom. The maximum absolute atomic E-state index is 12.6. The molecule has 1 aromatic heterocycles. The summed E-state index contributed by atoms with van der Waals surface area (Å²) in [6.07, 6.45) is 0. The molecule has 0 radical (unpaired) electrons. The van der Waals surface area contributed by atoms with Crippen LogP contribution in [0.3, 0.4) is 0 Å². The Hall–Kier alpha value is -4.20. The smallest absolute Gasteiger partial charge is 0.337 e. The number of methoxy groups -OCH3 is 2. The first-order chi connectivity index (χ1) is 14.4. The lowest BCUT2D eigenvalue weighted by molar-refractivity contribution is 0.0592. The monoisotopic (exact) mass is 404 g/mol. The van der Waals surface area contributed by atoms with Crippen LogP contribution in [0, 0.1) is 0 Å². The van der Waals surface area contributed by atoms with E-state index in [1.54, 1.807) is 48.5 Å². The molecule has 2 heterocycles. The van der Waals surface area contributed by atoms with E-state index in [2.05, 4.69) is 19.5 Å². The van der Waals surface area contributed by atoms with Crippen LogP contribution in [0.4, 0.5) is 0 Å². The number of nitrogens with zero attached hydrogens (tertiary/aromatic N) is 1. The molecule has 0 saturated heterocycles. The van der Waals surface area contributed by atoms with Crippen molar-refractivity contribution in [3.63, 3.8) is 0 Å². The number of H-pyrrole nitrogens is 1. The highest BCUT2D eigenvalue weighted by Crippen LogP contribution is 2.38. The third kappa shape index (κ3) is 3.04. The van der Waals surface area contributed by atoms with Gasteiger partial charge in [0.2, 0.25) is 0 Å². The largest absolute Gasteiger partial charge is 0.494 e. The van der Waals surface area contributed by atoms with Gasteiger partial charge in [-0.2, -0.15) is 0 Å². The number of fused-ring (bicyclic) bond motifs is 1. The summed E-state index contributed by atoms with van der Waals surface area (Å²) in [6, 6.07) is 12.8. The normalized spacial score (nSPS) is 12.3. The molecule has 3 aromatic rings. The van der Waals surface area contributed by atoms with Crippen LogP contribution in [0.5, 0.6) is 5.88 Å². The van der Waals surface area contributed by atoms with Crippen LogP contribution in [0.2, 0.25) is 0 Å². The molecule has 0 fully saturated rings. The average molecular weight is 404 g/mol. The molecule has 1 aliphatic heterocycles. The van der Waals surface area contributed by atoms with Crippen molar-refractivity contribution >= 4 is 23.6 Å². The quantitative estimate of drug-likeness (QED) is 0.646. The maximum Gasteiger partial charge on any atom is 0.337 e. The molecule has 0 spiro atoms. The molecule has 0 bridgehead atoms. The van der Waals surface area contributed by atoms with Crippen molar-refractivity contribution in [3.8, 4) is 17.1 Å². The Kier molecular flexibility index (Phi) is 4.67. The summed E-state index contributed by atoms with van der Waals surface area (Å²) < 4.78 is 9.36. The fourth-order valence-electron chi connectivity index (χ4n) is 3.34. The van der Waals surface area contributed by atoms with Gasteiger partial charge in [0, 0.05) is 5.56 Å². The summed E-state index contributed by atoms with van der Waals surface area (Å²) in [5.41, 5.74) is 3.12. The number of aromatic amines is 1. The third-order valence-electron chi connectivity index (χ3n) is 4.82. The van der Waals surface area contributed by atoms with Gasteiger partial charge in [0.15, 0.2) is 5.88 Å². The second-order valence-electron chi connectivity index (χ2n) is 6.50. The van der Waals surface area contributed by atoms with E-state index < -0.39 is 17.8 Å². The SMILES string of the molecule is COC(=O)c1ccc(C2=NC(=O)c3c(-c4ccc(C(=O)OC)cc4)[nH]c(O)c32)cc1. The summed E-state index contributed by atoms with van der Waals surface area (Å²) in [5, 5.41) is 10.5. The van der Waals surface area contributed by atoms with Crippen LogP contribution >= 0.6 is 0 Å². The lowest BCUT2D eigenvalue weighted by atomic mass is 9.99. The molecule has 0 unspecified atom stereocenters. The molecule has 1 aliphatic rings. The van der Waals surface area contributed by atoms with Gasteiger partial charge in [0.25, 0.3) is 5.91 Å². The Morgan fingerprint density at radius 1 is 0.833 bits per heavy atom. The lowest BCUT2D eigenvalue weighted by Gasteiger charge is -2.03. The molecule has 8 heteroatoms. The van der Waals surface area contributed by atoms with Crippen molar-refractivity contribution in [2.24, 2.45) is 4.99 Å². The van der Waals surface area contributed by atoms with Gasteiger partial charge < -0.3 is 19.6 Å². The van der Waals surface area contributed by atoms with E-state index in [0.717, 1.165) is 0 Å². The number of esters is 2. The number of carbonyl (C=O) groups excluding carboxylic acids is 3. The first-order valence-electron chi connectivity index (χ1n) is 8.90. The second-order valence-corrected chi connectivity index (χ2v) is 6.50. The minimum Gasteiger partial charge on any atom is -0.494 e. The van der Waals surface area contributed by atoms with Gasteiger partial charge >= 0.3 is 11.9 Å². The highest BCUT2D eigenvalue weighted by molar-refractivity contribution is 6.30. The number of aromatic nitrogens is 1. The van der Waals surface area contributed by atoms with Crippen molar-refractivity contribution in [1.82, 2.24) is 4.98 Å². The fraction of sp³-hybridized carbons (Fsp3) is 0.0909. The van der Waals surface area contributed by atoms with Crippen LogP contribution in [-0.2, 0) is 9.47 Å². The molecule has 30 heavy (non-hydrogen) atoms. The van der Waals surface area contributed by atoms with E-state index in [1.165, 1.54) is 14.2 Å². The average Bonchev–Trinajstić information content (AvgIpc) is 3.31. The van der Waals surface area contributed by atoms with E-state index in [1.807, 2.05) is 0 Å². The zero-order chi connectivity index (χ0) is 21.4. The first-order valence-corrected chi connectivity index (χ1v) is 8.90. The van der Waals surface area contributed by atoms with Crippen molar-refractivity contribution in [1.29, 1.82) is 0 Å². The van der Waals surface area contributed by atoms with Crippen molar-refractivity contribution < 1.29 is 29.0 Å². The number of hydrogen-bond donors (Lipinski definition) is 2. The van der Waals surface area contributed by atoms with Crippen LogP contribution in [0.15, 0.2) is 53.5 Å². The van der Waals surface area contributed by atoms with E-state index in [-0.39, 0.29) is 17.0 Å². The third-order valence-corrected chi connectivity index (χ3v) is 4.82. The van der Waals surface area contributed by atoms with Gasteiger partial charge in [-0.15, -0.1) is 0 Å². The summed E-state index contributed by atoms with van der Waals surface area (Å²) in [4.78, 5) is 42.8. The number of benzene rings is 2. The van der Waals surface area contributed by atoms with Gasteiger partial charge in [-0.05, 0) is 29.8 Å². The predicted molar refractivity (Wildman–Crippen MR) is 107 cm³/mol. The van der Waals surface area contributed by atoms with Crippen LogP contribution < -0.4 is 0 Å². The number of amides is 1. The lowest BCUT2D eigenvalue weighted by Crippen LogP contribution is -2.04. The number of aromatic hydroxyl groups is 1. The summed E-state index contributed by atoms with van der Waals surface area (Å²) in [7, 11) is 2.58. The number of aliphatic imine (C=N–C) groups is 1. The maximum atomic E-state index is 12.6. The number of hydrogen-bond acceptors (Lipinski definition) is 6. The van der Waals surface area contributed by atoms with Crippen LogP contribution in [0.1, 0.15) is 42.2 Å². The van der Waals surface area contributed by atoms with Gasteiger partial charge in [-0.3, -0.25) is 4.79 Å². The number of ether oxygens (including phenoxy) is 2. The van der Waals surface area contributed by atoms with E-state index >= 15 is 0 Å². The van der Waals surface area contributed by atoms with Crippen molar-refractivity contribution in [2.75, 3.05) is 14.2 Å². The van der Waals surface area contributed by atoms with E-state index in [4.69, 9.17) is 0 Å². The number of rotatable bonds is 4. The van der Waals surface area contributed by atoms with E-state index in [0.29, 0.717) is 33.7 Å².